The summed E-state index contributed by atoms with van der Waals surface area (Å²) >= 11 is 12.3. The largest absolute Gasteiger partial charge is 0.356 e. The minimum absolute atomic E-state index is 0.144. The predicted octanol–water partition coefficient (Wildman–Crippen LogP) is 3.17. The number of anilines is 1. The second-order valence-electron chi connectivity index (χ2n) is 6.55. The van der Waals surface area contributed by atoms with Crippen LogP contribution in [0.2, 0.25) is 10.0 Å². The number of nitrogens with zero attached hydrogens (tertiary/aromatic N) is 3. The van der Waals surface area contributed by atoms with E-state index in [0.717, 1.165) is 25.9 Å². The quantitative estimate of drug-likeness (QED) is 0.886. The number of rotatable bonds is 2. The van der Waals surface area contributed by atoms with Gasteiger partial charge in [0, 0.05) is 24.7 Å². The maximum absolute atomic E-state index is 12.7. The van der Waals surface area contributed by atoms with E-state index in [4.69, 9.17) is 28.9 Å². The number of nitrogens with two attached hydrogens (primary N) is 1. The Balaban J connectivity index is 1.98. The lowest BCUT2D eigenvalue weighted by atomic mass is 9.91. The number of piperidine rings is 1. The number of halogens is 2. The first-order valence-electron chi connectivity index (χ1n) is 7.87. The van der Waals surface area contributed by atoms with Crippen molar-refractivity contribution in [2.45, 2.75) is 32.2 Å². The van der Waals surface area contributed by atoms with Crippen LogP contribution in [0.5, 0.6) is 0 Å². The fraction of sp³-hybridized carbons (Fsp3) is 0.412. The summed E-state index contributed by atoms with van der Waals surface area (Å²) in [5.41, 5.74) is 6.39. The van der Waals surface area contributed by atoms with Gasteiger partial charge in [-0.1, -0.05) is 29.3 Å². The molecule has 3 rings (SSSR count). The monoisotopic (exact) mass is 366 g/mol. The average molecular weight is 367 g/mol. The van der Waals surface area contributed by atoms with Gasteiger partial charge >= 0.3 is 0 Å². The van der Waals surface area contributed by atoms with Gasteiger partial charge in [0.25, 0.3) is 5.56 Å². The van der Waals surface area contributed by atoms with Crippen molar-refractivity contribution >= 4 is 29.0 Å². The average Bonchev–Trinajstić information content (AvgIpc) is 2.50. The third-order valence-corrected chi connectivity index (χ3v) is 5.28. The summed E-state index contributed by atoms with van der Waals surface area (Å²) in [6.07, 6.45) is 1.74. The Bertz CT molecular complexity index is 822. The van der Waals surface area contributed by atoms with Crippen molar-refractivity contribution in [3.05, 3.63) is 50.5 Å². The number of benzene rings is 1. The molecule has 0 atom stereocenters. The van der Waals surface area contributed by atoms with Gasteiger partial charge in [-0.2, -0.15) is 0 Å². The molecule has 1 fully saturated rings. The molecule has 0 saturated carbocycles. The fourth-order valence-electron chi connectivity index (χ4n) is 2.95. The lowest BCUT2D eigenvalue weighted by Gasteiger charge is -2.37. The Labute approximate surface area is 151 Å². The van der Waals surface area contributed by atoms with Crippen LogP contribution in [-0.2, 0) is 0 Å². The molecule has 0 bridgehead atoms. The van der Waals surface area contributed by atoms with Crippen LogP contribution in [0.15, 0.2) is 29.1 Å². The third kappa shape index (κ3) is 3.29. The minimum Gasteiger partial charge on any atom is -0.356 e. The van der Waals surface area contributed by atoms with Crippen LogP contribution in [-0.4, -0.2) is 28.2 Å². The van der Waals surface area contributed by atoms with E-state index in [9.17, 15) is 4.79 Å². The molecule has 1 aliphatic rings. The summed E-state index contributed by atoms with van der Waals surface area (Å²) in [5.74, 6) is 1.25. The Morgan fingerprint density at radius 1 is 1.25 bits per heavy atom. The van der Waals surface area contributed by atoms with Gasteiger partial charge in [-0.3, -0.25) is 9.36 Å². The van der Waals surface area contributed by atoms with E-state index in [-0.39, 0.29) is 11.1 Å². The molecule has 2 N–H and O–H groups in total. The molecule has 2 heterocycles. The summed E-state index contributed by atoms with van der Waals surface area (Å²) < 4.78 is 1.48. The topological polar surface area (TPSA) is 64.2 Å². The number of aromatic nitrogens is 2. The zero-order valence-corrected chi connectivity index (χ0v) is 15.2. The van der Waals surface area contributed by atoms with Crippen LogP contribution < -0.4 is 16.2 Å². The second kappa shape index (κ2) is 6.39. The predicted molar refractivity (Wildman–Crippen MR) is 98.6 cm³/mol. The molecule has 2 aromatic rings. The molecule has 1 aromatic carbocycles. The summed E-state index contributed by atoms with van der Waals surface area (Å²) in [6.45, 7) is 5.43. The first-order chi connectivity index (χ1) is 11.3. The van der Waals surface area contributed by atoms with Crippen LogP contribution in [0, 0.1) is 6.92 Å². The smallest absolute Gasteiger partial charge is 0.260 e. The minimum atomic E-state index is -0.178. The van der Waals surface area contributed by atoms with Gasteiger partial charge in [0.2, 0.25) is 0 Å². The van der Waals surface area contributed by atoms with Gasteiger partial charge in [-0.05, 0) is 38.8 Å². The standard InChI is InChI=1S/C17H20Cl2N4O/c1-11-21-14(22-8-6-17(2,20)7-9-22)10-15(24)23(11)13-5-3-4-12(18)16(13)19/h3-5,10H,6-9,20H2,1-2H3. The molecule has 0 unspecified atom stereocenters. The van der Waals surface area contributed by atoms with E-state index in [1.807, 2.05) is 0 Å². The van der Waals surface area contributed by atoms with E-state index in [1.54, 1.807) is 31.2 Å². The Morgan fingerprint density at radius 3 is 2.54 bits per heavy atom. The molecule has 0 aliphatic carbocycles. The number of hydrogen-bond acceptors (Lipinski definition) is 4. The summed E-state index contributed by atoms with van der Waals surface area (Å²) in [7, 11) is 0. The Morgan fingerprint density at radius 2 is 1.92 bits per heavy atom. The zero-order chi connectivity index (χ0) is 17.5. The highest BCUT2D eigenvalue weighted by Gasteiger charge is 2.27. The van der Waals surface area contributed by atoms with E-state index < -0.39 is 0 Å². The molecule has 1 saturated heterocycles. The lowest BCUT2D eigenvalue weighted by Crippen LogP contribution is -2.48. The third-order valence-electron chi connectivity index (χ3n) is 4.47. The highest BCUT2D eigenvalue weighted by atomic mass is 35.5. The maximum atomic E-state index is 12.7. The van der Waals surface area contributed by atoms with Crippen LogP contribution in [0.25, 0.3) is 5.69 Å². The van der Waals surface area contributed by atoms with Gasteiger partial charge in [-0.15, -0.1) is 0 Å². The van der Waals surface area contributed by atoms with E-state index in [1.165, 1.54) is 4.57 Å². The van der Waals surface area contributed by atoms with Gasteiger partial charge in [0.05, 0.1) is 15.7 Å². The van der Waals surface area contributed by atoms with Crippen molar-refractivity contribution in [3.8, 4) is 5.69 Å². The van der Waals surface area contributed by atoms with Crippen molar-refractivity contribution < 1.29 is 0 Å². The van der Waals surface area contributed by atoms with E-state index in [2.05, 4.69) is 16.8 Å². The second-order valence-corrected chi connectivity index (χ2v) is 7.33. The number of hydrogen-bond donors (Lipinski definition) is 1. The van der Waals surface area contributed by atoms with Gasteiger partial charge in [0.1, 0.15) is 11.6 Å². The zero-order valence-electron chi connectivity index (χ0n) is 13.7. The van der Waals surface area contributed by atoms with Crippen LogP contribution in [0.3, 0.4) is 0 Å². The van der Waals surface area contributed by atoms with Gasteiger partial charge in [0.15, 0.2) is 0 Å². The molecule has 5 nitrogen and oxygen atoms in total. The molecule has 0 amide bonds. The fourth-order valence-corrected chi connectivity index (χ4v) is 3.33. The SMILES string of the molecule is Cc1nc(N2CCC(C)(N)CC2)cc(=O)n1-c1cccc(Cl)c1Cl. The molecule has 0 spiro atoms. The summed E-state index contributed by atoms with van der Waals surface area (Å²) in [6, 6.07) is 6.75. The Kier molecular flexibility index (Phi) is 4.60. The highest BCUT2D eigenvalue weighted by Crippen LogP contribution is 2.29. The molecule has 0 radical (unpaired) electrons. The van der Waals surface area contributed by atoms with Gasteiger partial charge < -0.3 is 10.6 Å². The van der Waals surface area contributed by atoms with Crippen LogP contribution >= 0.6 is 23.2 Å². The van der Waals surface area contributed by atoms with Crippen molar-refractivity contribution in [1.82, 2.24) is 9.55 Å². The molecule has 1 aromatic heterocycles. The van der Waals surface area contributed by atoms with Crippen LogP contribution in [0.4, 0.5) is 5.82 Å². The maximum Gasteiger partial charge on any atom is 0.260 e. The number of aryl methyl sites for hydroxylation is 1. The molecule has 7 heteroatoms. The molecular formula is C17H20Cl2N4O. The summed E-state index contributed by atoms with van der Waals surface area (Å²) in [5, 5.41) is 0.749. The van der Waals surface area contributed by atoms with E-state index >= 15 is 0 Å². The van der Waals surface area contributed by atoms with Crippen molar-refractivity contribution in [2.24, 2.45) is 5.73 Å². The molecule has 24 heavy (non-hydrogen) atoms. The molecule has 1 aliphatic heterocycles. The Hall–Kier alpha value is -1.56. The highest BCUT2D eigenvalue weighted by molar-refractivity contribution is 6.43. The molecular weight excluding hydrogens is 347 g/mol. The summed E-state index contributed by atoms with van der Waals surface area (Å²) in [4.78, 5) is 19.4. The van der Waals surface area contributed by atoms with Crippen molar-refractivity contribution in [2.75, 3.05) is 18.0 Å². The van der Waals surface area contributed by atoms with Crippen molar-refractivity contribution in [1.29, 1.82) is 0 Å². The molecule has 128 valence electrons. The normalized spacial score (nSPS) is 17.1. The first kappa shape index (κ1) is 17.3. The van der Waals surface area contributed by atoms with E-state index in [0.29, 0.717) is 27.4 Å². The van der Waals surface area contributed by atoms with Crippen LogP contribution in [0.1, 0.15) is 25.6 Å². The van der Waals surface area contributed by atoms with Crippen molar-refractivity contribution in [3.63, 3.8) is 0 Å². The lowest BCUT2D eigenvalue weighted by molar-refractivity contribution is 0.363. The first-order valence-corrected chi connectivity index (χ1v) is 8.63. The van der Waals surface area contributed by atoms with Gasteiger partial charge in [-0.25, -0.2) is 4.98 Å².